The number of aryl methyl sites for hydroxylation is 1. The third-order valence-corrected chi connectivity index (χ3v) is 3.89. The van der Waals surface area contributed by atoms with E-state index in [9.17, 15) is 8.60 Å². The van der Waals surface area contributed by atoms with Crippen LogP contribution in [-0.4, -0.2) is 25.3 Å². The third kappa shape index (κ3) is 2.46. The molecular weight excluding hydrogens is 241 g/mol. The molecule has 92 valence electrons. The summed E-state index contributed by atoms with van der Waals surface area (Å²) in [5, 5.41) is 0. The molecule has 1 aromatic heterocycles. The Morgan fingerprint density at radius 2 is 2.29 bits per heavy atom. The van der Waals surface area contributed by atoms with Crippen molar-refractivity contribution in [2.24, 2.45) is 0 Å². The number of hydrogen-bond acceptors (Lipinski definition) is 3. The molecule has 0 spiro atoms. The van der Waals surface area contributed by atoms with E-state index in [4.69, 9.17) is 5.73 Å². The maximum absolute atomic E-state index is 13.1. The first-order valence-corrected chi connectivity index (χ1v) is 6.87. The summed E-state index contributed by atoms with van der Waals surface area (Å²) in [6.45, 7) is 2.36. The van der Waals surface area contributed by atoms with Gasteiger partial charge in [0.25, 0.3) is 0 Å². The zero-order valence-corrected chi connectivity index (χ0v) is 10.3. The van der Waals surface area contributed by atoms with Crippen LogP contribution >= 0.6 is 0 Å². The van der Waals surface area contributed by atoms with E-state index in [0.29, 0.717) is 35.0 Å². The average Bonchev–Trinajstić information content (AvgIpc) is 2.61. The highest BCUT2D eigenvalue weighted by atomic mass is 32.2. The molecule has 1 heterocycles. The monoisotopic (exact) mass is 255 g/mol. The predicted molar refractivity (Wildman–Crippen MR) is 67.7 cm³/mol. The number of fused-ring (bicyclic) bond motifs is 1. The van der Waals surface area contributed by atoms with E-state index in [-0.39, 0.29) is 5.82 Å². The van der Waals surface area contributed by atoms with Gasteiger partial charge in [-0.05, 0) is 18.2 Å². The Hall–Kier alpha value is -1.43. The van der Waals surface area contributed by atoms with Crippen LogP contribution < -0.4 is 5.73 Å². The van der Waals surface area contributed by atoms with Gasteiger partial charge in [-0.2, -0.15) is 0 Å². The molecule has 4 nitrogen and oxygen atoms in total. The van der Waals surface area contributed by atoms with E-state index in [2.05, 4.69) is 4.98 Å². The number of nitrogens with zero attached hydrogens (tertiary/aromatic N) is 2. The van der Waals surface area contributed by atoms with Crippen molar-refractivity contribution >= 4 is 27.8 Å². The van der Waals surface area contributed by atoms with Gasteiger partial charge in [0.2, 0.25) is 5.95 Å². The second kappa shape index (κ2) is 4.83. The van der Waals surface area contributed by atoms with Crippen molar-refractivity contribution in [2.75, 3.05) is 17.2 Å². The summed E-state index contributed by atoms with van der Waals surface area (Å²) >= 11 is 0. The number of rotatable bonds is 4. The molecule has 1 unspecified atom stereocenters. The predicted octanol–water partition coefficient (Wildman–Crippen LogP) is 1.53. The minimum atomic E-state index is -0.866. The molecule has 6 heteroatoms. The maximum Gasteiger partial charge on any atom is 0.201 e. The van der Waals surface area contributed by atoms with Crippen LogP contribution in [-0.2, 0) is 17.3 Å². The second-order valence-corrected chi connectivity index (χ2v) is 5.55. The molecule has 0 aliphatic heterocycles. The SMILES string of the molecule is CCS(=O)CCn1c(N)nc2ccc(F)cc21. The quantitative estimate of drug-likeness (QED) is 0.901. The van der Waals surface area contributed by atoms with Crippen LogP contribution in [0.25, 0.3) is 11.0 Å². The molecule has 0 saturated carbocycles. The highest BCUT2D eigenvalue weighted by molar-refractivity contribution is 7.84. The molecule has 1 aromatic carbocycles. The minimum absolute atomic E-state index is 0.324. The van der Waals surface area contributed by atoms with Crippen molar-refractivity contribution < 1.29 is 8.60 Å². The normalized spacial score (nSPS) is 13.1. The van der Waals surface area contributed by atoms with Gasteiger partial charge < -0.3 is 10.3 Å². The van der Waals surface area contributed by atoms with Crippen LogP contribution in [0.4, 0.5) is 10.3 Å². The number of aromatic nitrogens is 2. The van der Waals surface area contributed by atoms with Gasteiger partial charge in [-0.15, -0.1) is 0 Å². The van der Waals surface area contributed by atoms with Gasteiger partial charge >= 0.3 is 0 Å². The van der Waals surface area contributed by atoms with Gasteiger partial charge in [-0.1, -0.05) is 6.92 Å². The first-order chi connectivity index (χ1) is 8.11. The number of imidazole rings is 1. The molecule has 0 saturated heterocycles. The Kier molecular flexibility index (Phi) is 3.42. The fourth-order valence-corrected chi connectivity index (χ4v) is 2.36. The van der Waals surface area contributed by atoms with E-state index in [1.165, 1.54) is 12.1 Å². The fourth-order valence-electron chi connectivity index (χ4n) is 1.69. The molecule has 17 heavy (non-hydrogen) atoms. The molecule has 0 fully saturated rings. The lowest BCUT2D eigenvalue weighted by molar-refractivity contribution is 0.628. The highest BCUT2D eigenvalue weighted by Crippen LogP contribution is 2.18. The van der Waals surface area contributed by atoms with Crippen LogP contribution in [0.5, 0.6) is 0 Å². The summed E-state index contributed by atoms with van der Waals surface area (Å²) in [7, 11) is -0.866. The summed E-state index contributed by atoms with van der Waals surface area (Å²) in [6, 6.07) is 4.34. The largest absolute Gasteiger partial charge is 0.369 e. The van der Waals surface area contributed by atoms with Crippen LogP contribution in [0.2, 0.25) is 0 Å². The van der Waals surface area contributed by atoms with E-state index in [1.807, 2.05) is 6.92 Å². The molecule has 2 rings (SSSR count). The molecule has 0 aliphatic carbocycles. The second-order valence-electron chi connectivity index (χ2n) is 3.69. The van der Waals surface area contributed by atoms with Gasteiger partial charge in [0.1, 0.15) is 5.82 Å². The van der Waals surface area contributed by atoms with Crippen molar-refractivity contribution in [3.8, 4) is 0 Å². The molecule has 1 atom stereocenters. The summed E-state index contributed by atoms with van der Waals surface area (Å²) < 4.78 is 26.2. The van der Waals surface area contributed by atoms with Crippen LogP contribution in [0.15, 0.2) is 18.2 Å². The summed E-state index contributed by atoms with van der Waals surface area (Å²) in [4.78, 5) is 4.13. The molecule has 2 N–H and O–H groups in total. The first kappa shape index (κ1) is 12.0. The number of hydrogen-bond donors (Lipinski definition) is 1. The first-order valence-electron chi connectivity index (χ1n) is 5.38. The zero-order chi connectivity index (χ0) is 12.4. The molecule has 0 amide bonds. The van der Waals surface area contributed by atoms with Crippen molar-refractivity contribution in [3.63, 3.8) is 0 Å². The van der Waals surface area contributed by atoms with Crippen LogP contribution in [0, 0.1) is 5.82 Å². The smallest absolute Gasteiger partial charge is 0.201 e. The maximum atomic E-state index is 13.1. The number of nitrogen functional groups attached to an aromatic ring is 1. The lowest BCUT2D eigenvalue weighted by Gasteiger charge is -2.05. The Morgan fingerprint density at radius 1 is 1.53 bits per heavy atom. The molecule has 0 aliphatic rings. The van der Waals surface area contributed by atoms with Crippen LogP contribution in [0.1, 0.15) is 6.92 Å². The van der Waals surface area contributed by atoms with E-state index in [0.717, 1.165) is 0 Å². The molecule has 0 bridgehead atoms. The number of halogens is 1. The molecular formula is C11H14FN3OS. The van der Waals surface area contributed by atoms with Crippen molar-refractivity contribution in [1.29, 1.82) is 0 Å². The van der Waals surface area contributed by atoms with Gasteiger partial charge in [-0.25, -0.2) is 9.37 Å². The van der Waals surface area contributed by atoms with Crippen molar-refractivity contribution in [1.82, 2.24) is 9.55 Å². The Morgan fingerprint density at radius 3 is 3.00 bits per heavy atom. The third-order valence-electron chi connectivity index (χ3n) is 2.60. The van der Waals surface area contributed by atoms with E-state index >= 15 is 0 Å². The van der Waals surface area contributed by atoms with Gasteiger partial charge in [0.05, 0.1) is 11.0 Å². The minimum Gasteiger partial charge on any atom is -0.369 e. The lowest BCUT2D eigenvalue weighted by Crippen LogP contribution is -2.11. The zero-order valence-electron chi connectivity index (χ0n) is 9.52. The molecule has 2 aromatic rings. The summed E-state index contributed by atoms with van der Waals surface area (Å²) in [5.74, 6) is 1.12. The Bertz CT molecular complexity index is 567. The summed E-state index contributed by atoms with van der Waals surface area (Å²) in [6.07, 6.45) is 0. The average molecular weight is 255 g/mol. The van der Waals surface area contributed by atoms with Gasteiger partial charge in [-0.3, -0.25) is 4.21 Å². The standard InChI is InChI=1S/C11H14FN3OS/c1-2-17(16)6-5-15-10-7-8(12)3-4-9(10)14-11(15)13/h3-4,7H,2,5-6H2,1H3,(H2,13,14). The fraction of sp³-hybridized carbons (Fsp3) is 0.364. The number of anilines is 1. The van der Waals surface area contributed by atoms with Crippen molar-refractivity contribution in [2.45, 2.75) is 13.5 Å². The molecule has 0 radical (unpaired) electrons. The van der Waals surface area contributed by atoms with Gasteiger partial charge in [0, 0.05) is 28.9 Å². The van der Waals surface area contributed by atoms with E-state index < -0.39 is 10.8 Å². The lowest BCUT2D eigenvalue weighted by atomic mass is 10.3. The Balaban J connectivity index is 2.35. The number of nitrogens with two attached hydrogens (primary N) is 1. The Labute approximate surface area is 101 Å². The highest BCUT2D eigenvalue weighted by Gasteiger charge is 2.09. The topological polar surface area (TPSA) is 60.9 Å². The van der Waals surface area contributed by atoms with Gasteiger partial charge in [0.15, 0.2) is 0 Å². The van der Waals surface area contributed by atoms with E-state index in [1.54, 1.807) is 10.6 Å². The van der Waals surface area contributed by atoms with Crippen molar-refractivity contribution in [3.05, 3.63) is 24.0 Å². The van der Waals surface area contributed by atoms with Crippen LogP contribution in [0.3, 0.4) is 0 Å². The number of benzene rings is 1. The summed E-state index contributed by atoms with van der Waals surface area (Å²) in [5.41, 5.74) is 7.07.